The predicted octanol–water partition coefficient (Wildman–Crippen LogP) is 4.10. The molecule has 0 aliphatic carbocycles. The van der Waals surface area contributed by atoms with E-state index in [0.717, 1.165) is 16.5 Å². The van der Waals surface area contributed by atoms with E-state index in [-0.39, 0.29) is 11.3 Å². The van der Waals surface area contributed by atoms with Gasteiger partial charge in [-0.25, -0.2) is 4.39 Å². The van der Waals surface area contributed by atoms with Crippen molar-refractivity contribution in [2.24, 2.45) is 7.05 Å². The summed E-state index contributed by atoms with van der Waals surface area (Å²) in [5, 5.41) is 14.0. The van der Waals surface area contributed by atoms with Gasteiger partial charge in [-0.1, -0.05) is 12.1 Å². The van der Waals surface area contributed by atoms with E-state index in [2.05, 4.69) is 5.10 Å². The van der Waals surface area contributed by atoms with Crippen LogP contribution >= 0.6 is 0 Å². The Kier molecular flexibility index (Phi) is 4.20. The Bertz CT molecular complexity index is 1070. The molecule has 1 aromatic heterocycles. The van der Waals surface area contributed by atoms with Gasteiger partial charge in [0.25, 0.3) is 0 Å². The zero-order chi connectivity index (χ0) is 18.1. The zero-order valence-corrected chi connectivity index (χ0v) is 14.2. The minimum atomic E-state index is -0.593. The maximum Gasteiger partial charge on any atom is 0.160 e. The molecule has 3 aromatic rings. The number of nitriles is 1. The second-order valence-electron chi connectivity index (χ2n) is 5.90. The average molecular weight is 333 g/mol. The van der Waals surface area contributed by atoms with Crippen LogP contribution in [0.1, 0.15) is 30.5 Å². The maximum atomic E-state index is 13.9. The number of aryl methyl sites for hydroxylation is 1. The molecule has 0 unspecified atom stereocenters. The molecule has 0 atom stereocenters. The smallest absolute Gasteiger partial charge is 0.160 e. The van der Waals surface area contributed by atoms with Crippen molar-refractivity contribution < 1.29 is 9.18 Å². The number of ketones is 1. The van der Waals surface area contributed by atoms with E-state index < -0.39 is 5.82 Å². The third kappa shape index (κ3) is 2.94. The van der Waals surface area contributed by atoms with Gasteiger partial charge in [0.1, 0.15) is 11.9 Å². The van der Waals surface area contributed by atoms with E-state index in [9.17, 15) is 9.18 Å². The lowest BCUT2D eigenvalue weighted by Crippen LogP contribution is -2.00. The van der Waals surface area contributed by atoms with Gasteiger partial charge in [0.2, 0.25) is 0 Å². The molecule has 25 heavy (non-hydrogen) atoms. The van der Waals surface area contributed by atoms with Crippen LogP contribution in [0.2, 0.25) is 0 Å². The van der Waals surface area contributed by atoms with Crippen LogP contribution in [0.5, 0.6) is 0 Å². The number of fused-ring (bicyclic) bond motifs is 1. The number of allylic oxidation sites excluding steroid dienone is 2. The minimum absolute atomic E-state index is 0.0160. The lowest BCUT2D eigenvalue weighted by molar-refractivity contribution is -0.111. The SMILES string of the molecule is CC(=O)C(=C(C)c1ccc(C#N)c(F)c1)c1ccc2c(cnn2C)c1. The highest BCUT2D eigenvalue weighted by molar-refractivity contribution is 6.27. The van der Waals surface area contributed by atoms with E-state index in [1.54, 1.807) is 29.9 Å². The molecule has 124 valence electrons. The van der Waals surface area contributed by atoms with Crippen molar-refractivity contribution in [3.05, 3.63) is 65.1 Å². The Morgan fingerprint density at radius 3 is 2.52 bits per heavy atom. The third-order valence-corrected chi connectivity index (χ3v) is 4.28. The normalized spacial score (nSPS) is 12.0. The summed E-state index contributed by atoms with van der Waals surface area (Å²) in [7, 11) is 1.86. The minimum Gasteiger partial charge on any atom is -0.294 e. The van der Waals surface area contributed by atoms with Crippen molar-refractivity contribution in [3.63, 3.8) is 0 Å². The standard InChI is InChI=1S/C20H16FN3O/c1-12(14-4-5-16(10-22)18(21)9-14)20(13(2)25)15-6-7-19-17(8-15)11-23-24(19)3/h4-9,11H,1-3H3. The molecular formula is C20H16FN3O. The van der Waals surface area contributed by atoms with E-state index in [1.807, 2.05) is 25.2 Å². The van der Waals surface area contributed by atoms with Gasteiger partial charge in [0.05, 0.1) is 17.3 Å². The molecule has 0 saturated carbocycles. The largest absolute Gasteiger partial charge is 0.294 e. The predicted molar refractivity (Wildman–Crippen MR) is 95.0 cm³/mol. The van der Waals surface area contributed by atoms with Gasteiger partial charge in [-0.3, -0.25) is 9.48 Å². The van der Waals surface area contributed by atoms with E-state index in [1.165, 1.54) is 19.1 Å². The first-order valence-corrected chi connectivity index (χ1v) is 7.76. The summed E-state index contributed by atoms with van der Waals surface area (Å²) in [6, 6.07) is 11.9. The molecule has 0 amide bonds. The lowest BCUT2D eigenvalue weighted by atomic mass is 9.92. The molecule has 0 radical (unpaired) electrons. The lowest BCUT2D eigenvalue weighted by Gasteiger charge is -2.11. The summed E-state index contributed by atoms with van der Waals surface area (Å²) in [6.45, 7) is 3.28. The van der Waals surface area contributed by atoms with E-state index in [4.69, 9.17) is 5.26 Å². The summed E-state index contributed by atoms with van der Waals surface area (Å²) >= 11 is 0. The first-order valence-electron chi connectivity index (χ1n) is 7.76. The Morgan fingerprint density at radius 2 is 1.88 bits per heavy atom. The van der Waals surface area contributed by atoms with Crippen LogP contribution in [0.25, 0.3) is 22.0 Å². The van der Waals surface area contributed by atoms with E-state index in [0.29, 0.717) is 16.7 Å². The highest BCUT2D eigenvalue weighted by atomic mass is 19.1. The van der Waals surface area contributed by atoms with Crippen molar-refractivity contribution in [3.8, 4) is 6.07 Å². The number of nitrogens with zero attached hydrogens (tertiary/aromatic N) is 3. The van der Waals surface area contributed by atoms with Crippen LogP contribution in [-0.2, 0) is 11.8 Å². The second kappa shape index (κ2) is 6.33. The number of rotatable bonds is 3. The van der Waals surface area contributed by atoms with Gasteiger partial charge in [-0.05, 0) is 54.8 Å². The second-order valence-corrected chi connectivity index (χ2v) is 5.90. The summed E-state index contributed by atoms with van der Waals surface area (Å²) in [5.41, 5.74) is 3.48. The number of Topliss-reactive ketones (excluding diaryl/α,β-unsaturated/α-hetero) is 1. The fourth-order valence-electron chi connectivity index (χ4n) is 2.99. The summed E-state index contributed by atoms with van der Waals surface area (Å²) in [6.07, 6.45) is 1.74. The molecule has 1 heterocycles. The van der Waals surface area contributed by atoms with E-state index >= 15 is 0 Å². The van der Waals surface area contributed by atoms with Gasteiger partial charge >= 0.3 is 0 Å². The van der Waals surface area contributed by atoms with Crippen LogP contribution in [-0.4, -0.2) is 15.6 Å². The van der Waals surface area contributed by atoms with Crippen LogP contribution in [0, 0.1) is 17.1 Å². The number of carbonyl (C=O) groups excluding carboxylic acids is 1. The molecule has 0 spiro atoms. The highest BCUT2D eigenvalue weighted by Gasteiger charge is 2.15. The molecule has 5 heteroatoms. The van der Waals surface area contributed by atoms with Gasteiger partial charge in [0, 0.05) is 18.0 Å². The maximum absolute atomic E-state index is 13.9. The Morgan fingerprint density at radius 1 is 1.16 bits per heavy atom. The number of carbonyl (C=O) groups is 1. The van der Waals surface area contributed by atoms with Crippen molar-refractivity contribution in [1.29, 1.82) is 5.26 Å². The Labute approximate surface area is 144 Å². The number of halogens is 1. The third-order valence-electron chi connectivity index (χ3n) is 4.28. The van der Waals surface area contributed by atoms with Crippen LogP contribution in [0.3, 0.4) is 0 Å². The van der Waals surface area contributed by atoms with Gasteiger partial charge in [-0.2, -0.15) is 10.4 Å². The molecule has 0 aliphatic rings. The Hall–Kier alpha value is -3.26. The fraction of sp³-hybridized carbons (Fsp3) is 0.150. The first-order chi connectivity index (χ1) is 11.9. The fourth-order valence-corrected chi connectivity index (χ4v) is 2.99. The molecule has 4 nitrogen and oxygen atoms in total. The van der Waals surface area contributed by atoms with Gasteiger partial charge in [0.15, 0.2) is 5.78 Å². The van der Waals surface area contributed by atoms with Crippen molar-refractivity contribution >= 4 is 27.8 Å². The Balaban J connectivity index is 2.19. The van der Waals surface area contributed by atoms with Crippen LogP contribution in [0.15, 0.2) is 42.6 Å². The molecule has 0 saturated heterocycles. The monoisotopic (exact) mass is 333 g/mol. The summed E-state index contributed by atoms with van der Waals surface area (Å²) < 4.78 is 15.7. The molecular weight excluding hydrogens is 317 g/mol. The summed E-state index contributed by atoms with van der Waals surface area (Å²) in [4.78, 5) is 12.3. The number of hydrogen-bond donors (Lipinski definition) is 0. The highest BCUT2D eigenvalue weighted by Crippen LogP contribution is 2.29. The quantitative estimate of drug-likeness (QED) is 0.535. The molecule has 2 aromatic carbocycles. The summed E-state index contributed by atoms with van der Waals surface area (Å²) in [5.74, 6) is -0.699. The molecule has 0 aliphatic heterocycles. The molecule has 3 rings (SSSR count). The zero-order valence-electron chi connectivity index (χ0n) is 14.2. The number of hydrogen-bond acceptors (Lipinski definition) is 3. The number of benzene rings is 2. The van der Waals surface area contributed by atoms with Crippen LogP contribution in [0.4, 0.5) is 4.39 Å². The van der Waals surface area contributed by atoms with Gasteiger partial charge in [-0.15, -0.1) is 0 Å². The van der Waals surface area contributed by atoms with Crippen LogP contribution < -0.4 is 0 Å². The average Bonchev–Trinajstić information content (AvgIpc) is 2.95. The molecule has 0 N–H and O–H groups in total. The molecule has 0 bridgehead atoms. The van der Waals surface area contributed by atoms with Gasteiger partial charge < -0.3 is 0 Å². The number of aromatic nitrogens is 2. The van der Waals surface area contributed by atoms with Crippen molar-refractivity contribution in [1.82, 2.24) is 9.78 Å². The van der Waals surface area contributed by atoms with Crippen molar-refractivity contribution in [2.45, 2.75) is 13.8 Å². The first kappa shape index (κ1) is 16.6. The van der Waals surface area contributed by atoms with Crippen molar-refractivity contribution in [2.75, 3.05) is 0 Å². The molecule has 0 fully saturated rings. The topological polar surface area (TPSA) is 58.7 Å².